The zero-order chi connectivity index (χ0) is 9.84. The Labute approximate surface area is 82.2 Å². The summed E-state index contributed by atoms with van der Waals surface area (Å²) in [6.45, 7) is 0.753. The molecule has 1 heterocycles. The summed E-state index contributed by atoms with van der Waals surface area (Å²) >= 11 is 4.94. The second kappa shape index (κ2) is 4.38. The fourth-order valence-electron chi connectivity index (χ4n) is 1.47. The molecule has 1 unspecified atom stereocenters. The molecule has 1 aliphatic heterocycles. The Morgan fingerprint density at radius 3 is 3.00 bits per heavy atom. The lowest BCUT2D eigenvalue weighted by molar-refractivity contribution is -0.144. The molecule has 6 heteroatoms. The van der Waals surface area contributed by atoms with Crippen LogP contribution in [0.3, 0.4) is 0 Å². The van der Waals surface area contributed by atoms with Crippen LogP contribution in [0.1, 0.15) is 12.8 Å². The number of hydrogen-bond acceptors (Lipinski definition) is 4. The van der Waals surface area contributed by atoms with Crippen molar-refractivity contribution in [3.05, 3.63) is 0 Å². The number of methoxy groups -OCH3 is 1. The monoisotopic (exact) mass is 203 g/mol. The van der Waals surface area contributed by atoms with Gasteiger partial charge >= 0.3 is 5.97 Å². The number of nitrogens with two attached hydrogens (primary N) is 1. The van der Waals surface area contributed by atoms with E-state index in [2.05, 4.69) is 10.2 Å². The van der Waals surface area contributed by atoms with E-state index in [0.717, 1.165) is 19.4 Å². The van der Waals surface area contributed by atoms with Gasteiger partial charge in [-0.2, -0.15) is 0 Å². The predicted octanol–water partition coefficient (Wildman–Crippen LogP) is -0.628. The molecule has 0 aromatic carbocycles. The molecular formula is C7H13N3O2S. The van der Waals surface area contributed by atoms with Gasteiger partial charge in [0.05, 0.1) is 7.11 Å². The van der Waals surface area contributed by atoms with Crippen LogP contribution in [0.15, 0.2) is 0 Å². The van der Waals surface area contributed by atoms with Crippen molar-refractivity contribution in [3.63, 3.8) is 0 Å². The van der Waals surface area contributed by atoms with Crippen LogP contribution in [0.4, 0.5) is 0 Å². The average molecular weight is 203 g/mol. The van der Waals surface area contributed by atoms with Crippen LogP contribution in [0.5, 0.6) is 0 Å². The van der Waals surface area contributed by atoms with E-state index in [1.54, 1.807) is 4.90 Å². The van der Waals surface area contributed by atoms with Crippen LogP contribution in [0.2, 0.25) is 0 Å². The van der Waals surface area contributed by atoms with Gasteiger partial charge in [0.2, 0.25) is 0 Å². The van der Waals surface area contributed by atoms with Gasteiger partial charge in [-0.1, -0.05) is 0 Å². The molecule has 13 heavy (non-hydrogen) atoms. The van der Waals surface area contributed by atoms with Gasteiger partial charge in [0, 0.05) is 6.54 Å². The lowest BCUT2D eigenvalue weighted by Gasteiger charge is -2.24. The van der Waals surface area contributed by atoms with E-state index in [0.29, 0.717) is 5.11 Å². The first-order chi connectivity index (χ1) is 6.20. The topological polar surface area (TPSA) is 67.6 Å². The highest BCUT2D eigenvalue weighted by Gasteiger charge is 2.32. The van der Waals surface area contributed by atoms with Gasteiger partial charge in [-0.25, -0.2) is 10.6 Å². The molecule has 3 N–H and O–H groups in total. The second-order valence-electron chi connectivity index (χ2n) is 2.82. The third kappa shape index (κ3) is 2.07. The first kappa shape index (κ1) is 10.2. The van der Waals surface area contributed by atoms with Crippen molar-refractivity contribution in [2.75, 3.05) is 13.7 Å². The van der Waals surface area contributed by atoms with Crippen molar-refractivity contribution in [2.24, 2.45) is 5.84 Å². The predicted molar refractivity (Wildman–Crippen MR) is 51.7 cm³/mol. The summed E-state index contributed by atoms with van der Waals surface area (Å²) in [5.74, 6) is 4.92. The highest BCUT2D eigenvalue weighted by Crippen LogP contribution is 2.17. The fourth-order valence-corrected chi connectivity index (χ4v) is 1.69. The molecule has 1 atom stereocenters. The lowest BCUT2D eigenvalue weighted by Crippen LogP contribution is -2.48. The Balaban J connectivity index is 2.63. The summed E-state index contributed by atoms with van der Waals surface area (Å²) in [4.78, 5) is 13.0. The maximum atomic E-state index is 11.3. The van der Waals surface area contributed by atoms with E-state index in [-0.39, 0.29) is 12.0 Å². The Hall–Kier alpha value is -0.880. The number of nitrogens with zero attached hydrogens (tertiary/aromatic N) is 1. The van der Waals surface area contributed by atoms with Crippen LogP contribution in [0.25, 0.3) is 0 Å². The highest BCUT2D eigenvalue weighted by atomic mass is 32.1. The van der Waals surface area contributed by atoms with E-state index in [1.165, 1.54) is 7.11 Å². The van der Waals surface area contributed by atoms with Crippen molar-refractivity contribution in [1.29, 1.82) is 0 Å². The van der Waals surface area contributed by atoms with Gasteiger partial charge in [-0.05, 0) is 25.1 Å². The number of esters is 1. The van der Waals surface area contributed by atoms with Crippen LogP contribution >= 0.6 is 12.2 Å². The minimum absolute atomic E-state index is 0.255. The van der Waals surface area contributed by atoms with Gasteiger partial charge in [-0.15, -0.1) is 0 Å². The maximum absolute atomic E-state index is 11.3. The van der Waals surface area contributed by atoms with E-state index >= 15 is 0 Å². The Morgan fingerprint density at radius 2 is 2.46 bits per heavy atom. The third-order valence-corrected chi connectivity index (χ3v) is 2.46. The number of hydrogen-bond donors (Lipinski definition) is 2. The van der Waals surface area contributed by atoms with Crippen LogP contribution in [0, 0.1) is 0 Å². The molecule has 1 aliphatic rings. The van der Waals surface area contributed by atoms with Crippen molar-refractivity contribution < 1.29 is 9.53 Å². The molecule has 0 aromatic heterocycles. The molecule has 0 spiro atoms. The summed E-state index contributed by atoms with van der Waals surface area (Å²) in [5.41, 5.74) is 2.37. The summed E-state index contributed by atoms with van der Waals surface area (Å²) in [5, 5.41) is 0.396. The van der Waals surface area contributed by atoms with Crippen LogP contribution in [-0.4, -0.2) is 35.7 Å². The quantitative estimate of drug-likeness (QED) is 0.256. The lowest BCUT2D eigenvalue weighted by atomic mass is 10.2. The smallest absolute Gasteiger partial charge is 0.328 e. The number of ether oxygens (including phenoxy) is 1. The molecular weight excluding hydrogens is 190 g/mol. The summed E-state index contributed by atoms with van der Waals surface area (Å²) in [7, 11) is 1.37. The molecule has 0 aliphatic carbocycles. The van der Waals surface area contributed by atoms with Crippen molar-refractivity contribution in [3.8, 4) is 0 Å². The molecule has 5 nitrogen and oxygen atoms in total. The second-order valence-corrected chi connectivity index (χ2v) is 3.21. The number of carbonyl (C=O) groups is 1. The highest BCUT2D eigenvalue weighted by molar-refractivity contribution is 7.80. The molecule has 74 valence electrons. The molecule has 0 saturated carbocycles. The van der Waals surface area contributed by atoms with E-state index in [4.69, 9.17) is 18.1 Å². The van der Waals surface area contributed by atoms with E-state index < -0.39 is 0 Å². The molecule has 0 aromatic rings. The van der Waals surface area contributed by atoms with Gasteiger partial charge < -0.3 is 15.1 Å². The largest absolute Gasteiger partial charge is 0.467 e. The number of carbonyl (C=O) groups excluding carboxylic acids is 1. The maximum Gasteiger partial charge on any atom is 0.328 e. The van der Waals surface area contributed by atoms with Gasteiger partial charge in [0.15, 0.2) is 5.11 Å². The van der Waals surface area contributed by atoms with Crippen LogP contribution < -0.4 is 11.3 Å². The molecule has 0 amide bonds. The average Bonchev–Trinajstić information content (AvgIpc) is 2.63. The number of likely N-dealkylation sites (tertiary alicyclic amines) is 1. The minimum Gasteiger partial charge on any atom is -0.467 e. The Morgan fingerprint density at radius 1 is 1.77 bits per heavy atom. The third-order valence-electron chi connectivity index (χ3n) is 2.11. The minimum atomic E-state index is -0.270. The normalized spacial score (nSPS) is 21.4. The Bertz CT molecular complexity index is 200. The van der Waals surface area contributed by atoms with Crippen molar-refractivity contribution in [2.45, 2.75) is 18.9 Å². The summed E-state index contributed by atoms with van der Waals surface area (Å²) in [6, 6.07) is -0.270. The molecule has 0 bridgehead atoms. The van der Waals surface area contributed by atoms with E-state index in [1.807, 2.05) is 0 Å². The zero-order valence-electron chi connectivity index (χ0n) is 7.45. The van der Waals surface area contributed by atoms with E-state index in [9.17, 15) is 4.79 Å². The number of nitrogens with one attached hydrogen (secondary N) is 1. The van der Waals surface area contributed by atoms with Crippen LogP contribution in [-0.2, 0) is 9.53 Å². The van der Waals surface area contributed by atoms with Crippen molar-refractivity contribution in [1.82, 2.24) is 10.3 Å². The number of hydrazine groups is 1. The Kier molecular flexibility index (Phi) is 3.44. The first-order valence-electron chi connectivity index (χ1n) is 4.05. The molecule has 1 fully saturated rings. The SMILES string of the molecule is COC(=O)C1CCCN1C(=S)NN. The zero-order valence-corrected chi connectivity index (χ0v) is 8.26. The summed E-state index contributed by atoms with van der Waals surface area (Å²) in [6.07, 6.45) is 1.70. The number of rotatable bonds is 1. The molecule has 1 saturated heterocycles. The van der Waals surface area contributed by atoms with Gasteiger partial charge in [0.25, 0.3) is 0 Å². The number of thiocarbonyl (C=S) groups is 1. The molecule has 1 rings (SSSR count). The van der Waals surface area contributed by atoms with Crippen molar-refractivity contribution >= 4 is 23.3 Å². The van der Waals surface area contributed by atoms with Gasteiger partial charge in [-0.3, -0.25) is 0 Å². The summed E-state index contributed by atoms with van der Waals surface area (Å²) < 4.78 is 4.65. The standard InChI is InChI=1S/C7H13N3O2S/c1-12-6(11)5-3-2-4-10(5)7(13)9-8/h5H,2-4,8H2,1H3,(H,9,13). The van der Waals surface area contributed by atoms with Gasteiger partial charge in [0.1, 0.15) is 6.04 Å². The first-order valence-corrected chi connectivity index (χ1v) is 4.46. The fraction of sp³-hybridized carbons (Fsp3) is 0.714. The molecule has 0 radical (unpaired) electrons.